The number of carbonyl (C=O) groups excluding carboxylic acids is 1. The van der Waals surface area contributed by atoms with E-state index in [-0.39, 0.29) is 16.5 Å². The Bertz CT molecular complexity index is 790. The molecule has 2 aromatic rings. The van der Waals surface area contributed by atoms with Gasteiger partial charge in [0.1, 0.15) is 5.01 Å². The molecule has 0 atom stereocenters. The van der Waals surface area contributed by atoms with Gasteiger partial charge in [0, 0.05) is 12.1 Å². The lowest BCUT2D eigenvalue weighted by molar-refractivity contribution is 0.0992. The van der Waals surface area contributed by atoms with Crippen molar-refractivity contribution < 1.29 is 18.2 Å². The molecule has 0 aliphatic heterocycles. The number of aromatic nitrogens is 2. The zero-order valence-electron chi connectivity index (χ0n) is 12.3. The van der Waals surface area contributed by atoms with Crippen LogP contribution in [0.3, 0.4) is 0 Å². The summed E-state index contributed by atoms with van der Waals surface area (Å²) in [5.41, 5.74) is 1.41. The number of rotatable bonds is 7. The lowest BCUT2D eigenvalue weighted by atomic mass is 9.88. The molecule has 1 heterocycles. The number of nitrogens with zero attached hydrogens (tertiary/aromatic N) is 2. The van der Waals surface area contributed by atoms with Crippen LogP contribution >= 0.6 is 11.3 Å². The van der Waals surface area contributed by atoms with E-state index < -0.39 is 17.1 Å². The van der Waals surface area contributed by atoms with Gasteiger partial charge in [-0.05, 0) is 12.4 Å². The fourth-order valence-electron chi connectivity index (χ4n) is 1.74. The molecule has 0 saturated carbocycles. The Balaban J connectivity index is 2.02. The number of Topliss-reactive ketones (excluding diaryl/α,β-unsaturated/α-hetero) is 1. The van der Waals surface area contributed by atoms with Gasteiger partial charge in [0.05, 0.1) is 6.42 Å². The molecule has 0 spiro atoms. The van der Waals surface area contributed by atoms with Gasteiger partial charge in [0.15, 0.2) is 5.78 Å². The van der Waals surface area contributed by atoms with Gasteiger partial charge in [-0.1, -0.05) is 35.6 Å². The molecule has 2 rings (SSSR count). The zero-order chi connectivity index (χ0) is 17.0. The first-order valence-electron chi connectivity index (χ1n) is 6.64. The van der Waals surface area contributed by atoms with Gasteiger partial charge in [-0.15, -0.1) is 10.2 Å². The van der Waals surface area contributed by atoms with Gasteiger partial charge in [-0.2, -0.15) is 0 Å². The summed E-state index contributed by atoms with van der Waals surface area (Å²) in [6.45, 7) is 2.11. The smallest absolute Gasteiger partial charge is 0.373 e. The molecule has 23 heavy (non-hydrogen) atoms. The van der Waals surface area contributed by atoms with Crippen molar-refractivity contribution in [1.82, 2.24) is 15.4 Å². The Kier molecular flexibility index (Phi) is 5.60. The van der Waals surface area contributed by atoms with Crippen LogP contribution in [0.15, 0.2) is 28.6 Å². The van der Waals surface area contributed by atoms with E-state index >= 15 is 0 Å². The number of primary sulfonamides is 1. The first-order chi connectivity index (χ1) is 10.8. The predicted molar refractivity (Wildman–Crippen MR) is 86.4 cm³/mol. The summed E-state index contributed by atoms with van der Waals surface area (Å²) in [6.07, 6.45) is -0.0432. The minimum absolute atomic E-state index is 0.0432. The van der Waals surface area contributed by atoms with E-state index in [0.29, 0.717) is 17.1 Å². The molecule has 0 radical (unpaired) electrons. The molecule has 0 aliphatic carbocycles. The molecule has 0 bridgehead atoms. The Morgan fingerprint density at radius 2 is 2.00 bits per heavy atom. The van der Waals surface area contributed by atoms with Crippen LogP contribution < -0.4 is 10.4 Å². The van der Waals surface area contributed by atoms with Crippen LogP contribution in [-0.4, -0.2) is 36.5 Å². The fraction of sp³-hybridized carbons (Fsp3) is 0.250. The van der Waals surface area contributed by atoms with Crippen LogP contribution in [-0.2, 0) is 23.0 Å². The summed E-state index contributed by atoms with van der Waals surface area (Å²) in [5.74, 6) is -0.197. The Morgan fingerprint density at radius 3 is 2.52 bits per heavy atom. The number of hydrogen-bond donors (Lipinski definition) is 3. The van der Waals surface area contributed by atoms with Crippen LogP contribution in [0.1, 0.15) is 20.9 Å². The van der Waals surface area contributed by atoms with Crippen molar-refractivity contribution in [2.24, 2.45) is 5.14 Å². The molecule has 0 fully saturated rings. The standard InChI is InChI=1S/C12H15BN4O4S2/c1-13(19)15-7-8-2-4-9(5-3-8)10(18)6-11-16-17-12(22-11)23(14,20)21/h2-5,15,19H,6-7H2,1H3,(H2,14,20,21). The van der Waals surface area contributed by atoms with E-state index in [1.807, 2.05) is 0 Å². The third-order valence-electron chi connectivity index (χ3n) is 2.88. The highest BCUT2D eigenvalue weighted by atomic mass is 32.2. The molecule has 8 nitrogen and oxygen atoms in total. The molecule has 1 aromatic carbocycles. The molecule has 4 N–H and O–H groups in total. The van der Waals surface area contributed by atoms with Gasteiger partial charge in [0.2, 0.25) is 4.34 Å². The Morgan fingerprint density at radius 1 is 1.35 bits per heavy atom. The SMILES string of the molecule is CB(O)NCc1ccc(C(=O)Cc2nnc(S(N)(=O)=O)s2)cc1. The van der Waals surface area contributed by atoms with E-state index in [9.17, 15) is 13.2 Å². The third-order valence-corrected chi connectivity index (χ3v) is 5.11. The van der Waals surface area contributed by atoms with Crippen molar-refractivity contribution in [3.8, 4) is 0 Å². The van der Waals surface area contributed by atoms with Gasteiger partial charge in [0.25, 0.3) is 10.0 Å². The highest BCUT2D eigenvalue weighted by Gasteiger charge is 2.17. The minimum atomic E-state index is -3.90. The largest absolute Gasteiger partial charge is 0.437 e. The van der Waals surface area contributed by atoms with Gasteiger partial charge in [-0.25, -0.2) is 13.6 Å². The molecule has 1 aromatic heterocycles. The number of hydrogen-bond acceptors (Lipinski definition) is 8. The van der Waals surface area contributed by atoms with Crippen molar-refractivity contribution in [3.05, 3.63) is 40.4 Å². The van der Waals surface area contributed by atoms with Crippen LogP contribution in [0, 0.1) is 0 Å². The number of sulfonamides is 1. The average Bonchev–Trinajstić information content (AvgIpc) is 2.94. The first kappa shape index (κ1) is 17.7. The maximum absolute atomic E-state index is 12.2. The van der Waals surface area contributed by atoms with Gasteiger partial charge in [-0.3, -0.25) is 4.79 Å². The van der Waals surface area contributed by atoms with Crippen molar-refractivity contribution in [1.29, 1.82) is 0 Å². The Labute approximate surface area is 137 Å². The number of nitrogens with two attached hydrogens (primary N) is 1. The van der Waals surface area contributed by atoms with Gasteiger partial charge < -0.3 is 10.3 Å². The summed E-state index contributed by atoms with van der Waals surface area (Å²) < 4.78 is 21.9. The molecule has 122 valence electrons. The lowest BCUT2D eigenvalue weighted by Crippen LogP contribution is -2.29. The quantitative estimate of drug-likeness (QED) is 0.463. The lowest BCUT2D eigenvalue weighted by Gasteiger charge is -2.05. The van der Waals surface area contributed by atoms with E-state index in [0.717, 1.165) is 16.9 Å². The third kappa shape index (κ3) is 5.18. The molecule has 0 unspecified atom stereocenters. The number of carbonyl (C=O) groups is 1. The van der Waals surface area contributed by atoms with E-state index in [1.165, 1.54) is 0 Å². The summed E-state index contributed by atoms with van der Waals surface area (Å²) in [5, 5.41) is 24.4. The van der Waals surface area contributed by atoms with E-state index in [2.05, 4.69) is 15.4 Å². The first-order valence-corrected chi connectivity index (χ1v) is 9.01. The van der Waals surface area contributed by atoms with Crippen LogP contribution in [0.25, 0.3) is 0 Å². The topological polar surface area (TPSA) is 135 Å². The summed E-state index contributed by atoms with van der Waals surface area (Å²) in [7, 11) is -4.50. The Hall–Kier alpha value is -1.66. The van der Waals surface area contributed by atoms with Crippen LogP contribution in [0.2, 0.25) is 6.82 Å². The molecule has 0 aliphatic rings. The van der Waals surface area contributed by atoms with Crippen molar-refractivity contribution in [2.75, 3.05) is 0 Å². The monoisotopic (exact) mass is 354 g/mol. The fourth-order valence-corrected chi connectivity index (χ4v) is 3.21. The highest BCUT2D eigenvalue weighted by molar-refractivity contribution is 7.91. The van der Waals surface area contributed by atoms with Crippen LogP contribution in [0.4, 0.5) is 0 Å². The normalized spacial score (nSPS) is 11.4. The number of ketones is 1. The summed E-state index contributed by atoms with van der Waals surface area (Å²) >= 11 is 0.783. The van der Waals surface area contributed by atoms with Crippen molar-refractivity contribution in [3.63, 3.8) is 0 Å². The minimum Gasteiger partial charge on any atom is -0.437 e. The zero-order valence-corrected chi connectivity index (χ0v) is 13.9. The second-order valence-electron chi connectivity index (χ2n) is 4.86. The molecular formula is C12H15BN4O4S2. The predicted octanol–water partition coefficient (Wildman–Crippen LogP) is -0.189. The van der Waals surface area contributed by atoms with E-state index in [1.54, 1.807) is 31.1 Å². The molecule has 0 saturated heterocycles. The molecule has 0 amide bonds. The second-order valence-corrected chi connectivity index (χ2v) is 7.66. The molecular weight excluding hydrogens is 339 g/mol. The average molecular weight is 354 g/mol. The second kappa shape index (κ2) is 7.28. The van der Waals surface area contributed by atoms with E-state index in [4.69, 9.17) is 10.2 Å². The highest BCUT2D eigenvalue weighted by Crippen LogP contribution is 2.16. The number of nitrogens with one attached hydrogen (secondary N) is 1. The maximum Gasteiger partial charge on any atom is 0.373 e. The van der Waals surface area contributed by atoms with Crippen LogP contribution in [0.5, 0.6) is 0 Å². The maximum atomic E-state index is 12.2. The van der Waals surface area contributed by atoms with Gasteiger partial charge >= 0.3 is 7.05 Å². The molecule has 11 heteroatoms. The number of benzene rings is 1. The van der Waals surface area contributed by atoms with Crippen molar-refractivity contribution in [2.45, 2.75) is 24.1 Å². The van der Waals surface area contributed by atoms with Crippen molar-refractivity contribution >= 4 is 34.2 Å². The summed E-state index contributed by atoms with van der Waals surface area (Å²) in [4.78, 5) is 12.2. The summed E-state index contributed by atoms with van der Waals surface area (Å²) in [6, 6.07) is 6.89.